The molecule has 9 heteroatoms. The zero-order valence-corrected chi connectivity index (χ0v) is 21.2. The van der Waals surface area contributed by atoms with Crippen LogP contribution in [0.15, 0.2) is 85.2 Å². The van der Waals surface area contributed by atoms with Crippen LogP contribution in [0, 0.1) is 11.8 Å². The number of aliphatic hydroxyl groups is 1. The molecule has 4 N–H and O–H groups in total. The Kier molecular flexibility index (Phi) is 6.30. The third-order valence-electron chi connectivity index (χ3n) is 7.02. The third kappa shape index (κ3) is 4.36. The summed E-state index contributed by atoms with van der Waals surface area (Å²) in [5.74, 6) is 5.09. The fourth-order valence-corrected chi connectivity index (χ4v) is 5.09. The number of para-hydroxylation sites is 1. The number of aromatic nitrogens is 2. The van der Waals surface area contributed by atoms with Gasteiger partial charge >= 0.3 is 6.03 Å². The lowest BCUT2D eigenvalue weighted by molar-refractivity contribution is -0.124. The van der Waals surface area contributed by atoms with E-state index in [9.17, 15) is 14.7 Å². The molecule has 40 heavy (non-hydrogen) atoms. The number of ether oxygens (including phenoxy) is 1. The highest BCUT2D eigenvalue weighted by atomic mass is 16.5. The second-order valence-corrected chi connectivity index (χ2v) is 9.40. The van der Waals surface area contributed by atoms with Crippen molar-refractivity contribution in [2.45, 2.75) is 12.1 Å². The number of hydrogen-bond donors (Lipinski definition) is 4. The molecule has 3 amide bonds. The first-order valence-electron chi connectivity index (χ1n) is 12.6. The average molecular weight is 533 g/mol. The summed E-state index contributed by atoms with van der Waals surface area (Å²) in [5.41, 5.74) is 1.86. The zero-order chi connectivity index (χ0) is 27.7. The Balaban J connectivity index is 1.35. The summed E-state index contributed by atoms with van der Waals surface area (Å²) in [5, 5.41) is 27.3. The van der Waals surface area contributed by atoms with E-state index in [0.717, 1.165) is 27.4 Å². The summed E-state index contributed by atoms with van der Waals surface area (Å²) in [6, 6.07) is 21.9. The van der Waals surface area contributed by atoms with Crippen LogP contribution in [0.4, 0.5) is 4.79 Å². The van der Waals surface area contributed by atoms with E-state index >= 15 is 0 Å². The Bertz CT molecular complexity index is 1830. The molecule has 0 unspecified atom stereocenters. The minimum absolute atomic E-state index is 0.0432. The molecule has 0 radical (unpaired) electrons. The molecule has 0 saturated carbocycles. The van der Waals surface area contributed by atoms with E-state index in [1.54, 1.807) is 30.6 Å². The molecule has 5 aromatic rings. The first kappa shape index (κ1) is 25.0. The number of rotatable bonds is 6. The lowest BCUT2D eigenvalue weighted by atomic mass is 9.88. The number of amides is 3. The molecular formula is C31H24N4O5. The van der Waals surface area contributed by atoms with Crippen LogP contribution in [0.5, 0.6) is 11.6 Å². The van der Waals surface area contributed by atoms with Crippen LogP contribution in [0.1, 0.15) is 5.56 Å². The van der Waals surface area contributed by atoms with Crippen molar-refractivity contribution in [2.24, 2.45) is 0 Å². The first-order valence-corrected chi connectivity index (χ1v) is 12.6. The number of benzene rings is 3. The van der Waals surface area contributed by atoms with Crippen LogP contribution in [-0.2, 0) is 16.9 Å². The molecule has 0 aliphatic carbocycles. The number of nitrogens with one attached hydrogen (secondary N) is 2. The first-order chi connectivity index (χ1) is 19.5. The Hall–Kier alpha value is -5.33. The van der Waals surface area contributed by atoms with Crippen LogP contribution in [0.2, 0.25) is 0 Å². The fraction of sp³-hybridized carbons (Fsp3) is 0.129. The van der Waals surface area contributed by atoms with E-state index in [1.807, 2.05) is 54.6 Å². The second-order valence-electron chi connectivity index (χ2n) is 9.40. The standard InChI is InChI=1S/C31H24N4O5/c36-15-1-2-16-40-24-13-10-22-18-35(28(37)26(22)17-24)19-31(29(38)33-30(39)34-31)23-11-8-20(9-12-23)25-7-3-5-21-6-4-14-32-27(21)25/h3-14,17-18,36-37H,15-16,19H2,(H2,33,34,38,39)/t31-/m0/s1. The van der Waals surface area contributed by atoms with E-state index in [-0.39, 0.29) is 25.6 Å². The van der Waals surface area contributed by atoms with Gasteiger partial charge in [-0.25, -0.2) is 4.79 Å². The van der Waals surface area contributed by atoms with Gasteiger partial charge in [0.05, 0.1) is 12.1 Å². The van der Waals surface area contributed by atoms with Gasteiger partial charge in [-0.2, -0.15) is 0 Å². The predicted molar refractivity (Wildman–Crippen MR) is 149 cm³/mol. The number of urea groups is 1. The average Bonchev–Trinajstić information content (AvgIpc) is 3.44. The largest absolute Gasteiger partial charge is 0.494 e. The fourth-order valence-electron chi connectivity index (χ4n) is 5.09. The summed E-state index contributed by atoms with van der Waals surface area (Å²) in [4.78, 5) is 30.1. The van der Waals surface area contributed by atoms with Gasteiger partial charge in [0.1, 0.15) is 19.0 Å². The highest BCUT2D eigenvalue weighted by molar-refractivity contribution is 6.07. The lowest BCUT2D eigenvalue weighted by Crippen LogP contribution is -2.47. The van der Waals surface area contributed by atoms with Gasteiger partial charge < -0.3 is 24.8 Å². The Labute approximate surface area is 229 Å². The van der Waals surface area contributed by atoms with Crippen molar-refractivity contribution in [3.63, 3.8) is 0 Å². The number of nitrogens with zero attached hydrogens (tertiary/aromatic N) is 2. The molecule has 3 heterocycles. The van der Waals surface area contributed by atoms with Crippen molar-refractivity contribution in [2.75, 3.05) is 13.2 Å². The van der Waals surface area contributed by atoms with Crippen molar-refractivity contribution in [1.82, 2.24) is 20.2 Å². The van der Waals surface area contributed by atoms with E-state index in [2.05, 4.69) is 27.5 Å². The molecule has 0 bridgehead atoms. The summed E-state index contributed by atoms with van der Waals surface area (Å²) in [6.07, 6.45) is 3.47. The normalized spacial score (nSPS) is 16.4. The van der Waals surface area contributed by atoms with Gasteiger partial charge in [0.15, 0.2) is 11.4 Å². The smallest absolute Gasteiger partial charge is 0.322 e. The molecular weight excluding hydrogens is 508 g/mol. The molecule has 6 rings (SSSR count). The van der Waals surface area contributed by atoms with Crippen LogP contribution in [0.3, 0.4) is 0 Å². The third-order valence-corrected chi connectivity index (χ3v) is 7.02. The van der Waals surface area contributed by atoms with Gasteiger partial charge in [0.2, 0.25) is 0 Å². The topological polar surface area (TPSA) is 126 Å². The highest BCUT2D eigenvalue weighted by Gasteiger charge is 2.48. The molecule has 1 saturated heterocycles. The van der Waals surface area contributed by atoms with Gasteiger partial charge in [0.25, 0.3) is 5.91 Å². The summed E-state index contributed by atoms with van der Waals surface area (Å²) in [6.45, 7) is -0.201. The number of carbonyl (C=O) groups excluding carboxylic acids is 2. The summed E-state index contributed by atoms with van der Waals surface area (Å²) >= 11 is 0. The molecule has 9 nitrogen and oxygen atoms in total. The van der Waals surface area contributed by atoms with Crippen LogP contribution in [0.25, 0.3) is 32.8 Å². The molecule has 198 valence electrons. The van der Waals surface area contributed by atoms with Crippen molar-refractivity contribution >= 4 is 33.6 Å². The zero-order valence-electron chi connectivity index (χ0n) is 21.2. The Morgan fingerprint density at radius 3 is 2.58 bits per heavy atom. The van der Waals surface area contributed by atoms with Gasteiger partial charge in [-0.05, 0) is 35.4 Å². The van der Waals surface area contributed by atoms with Crippen LogP contribution >= 0.6 is 0 Å². The Morgan fingerprint density at radius 2 is 1.80 bits per heavy atom. The number of hydrogen-bond acceptors (Lipinski definition) is 6. The molecule has 1 atom stereocenters. The molecule has 1 aliphatic heterocycles. The maximum Gasteiger partial charge on any atom is 0.322 e. The molecule has 0 spiro atoms. The predicted octanol–water partition coefficient (Wildman–Crippen LogP) is 3.67. The second kappa shape index (κ2) is 10.1. The SMILES string of the molecule is O=C1NC(=O)[C@](Cn2cc3ccc(OCC#CCO)cc3c2O)(c2ccc(-c3cccc4cccnc34)cc2)N1. The minimum atomic E-state index is -1.45. The van der Waals surface area contributed by atoms with Crippen LogP contribution in [-0.4, -0.2) is 44.9 Å². The number of carbonyl (C=O) groups is 2. The van der Waals surface area contributed by atoms with Crippen molar-refractivity contribution in [3.8, 4) is 34.6 Å². The van der Waals surface area contributed by atoms with Gasteiger partial charge in [0, 0.05) is 34.1 Å². The number of aliphatic hydroxyl groups excluding tert-OH is 1. The number of imide groups is 1. The highest BCUT2D eigenvalue weighted by Crippen LogP contribution is 2.36. The molecule has 1 fully saturated rings. The van der Waals surface area contributed by atoms with E-state index in [0.29, 0.717) is 16.7 Å². The van der Waals surface area contributed by atoms with Crippen molar-refractivity contribution in [1.29, 1.82) is 0 Å². The number of fused-ring (bicyclic) bond motifs is 2. The lowest BCUT2D eigenvalue weighted by Gasteiger charge is -2.27. The number of aromatic hydroxyl groups is 1. The van der Waals surface area contributed by atoms with Crippen molar-refractivity contribution < 1.29 is 24.5 Å². The maximum absolute atomic E-state index is 13.2. The summed E-state index contributed by atoms with van der Waals surface area (Å²) < 4.78 is 7.11. The van der Waals surface area contributed by atoms with E-state index in [1.165, 1.54) is 4.57 Å². The number of pyridine rings is 1. The minimum Gasteiger partial charge on any atom is -0.494 e. The maximum atomic E-state index is 13.2. The van der Waals surface area contributed by atoms with Crippen LogP contribution < -0.4 is 15.4 Å². The molecule has 3 aromatic carbocycles. The quantitative estimate of drug-likeness (QED) is 0.195. The van der Waals surface area contributed by atoms with Gasteiger partial charge in [-0.3, -0.25) is 15.1 Å². The van der Waals surface area contributed by atoms with Gasteiger partial charge in [-0.15, -0.1) is 0 Å². The van der Waals surface area contributed by atoms with Crippen molar-refractivity contribution in [3.05, 3.63) is 90.8 Å². The Morgan fingerprint density at radius 1 is 0.975 bits per heavy atom. The van der Waals surface area contributed by atoms with E-state index < -0.39 is 17.5 Å². The monoisotopic (exact) mass is 532 g/mol. The molecule has 2 aromatic heterocycles. The summed E-state index contributed by atoms with van der Waals surface area (Å²) in [7, 11) is 0. The molecule has 1 aliphatic rings. The van der Waals surface area contributed by atoms with E-state index in [4.69, 9.17) is 9.84 Å². The van der Waals surface area contributed by atoms with Gasteiger partial charge in [-0.1, -0.05) is 60.4 Å².